The lowest BCUT2D eigenvalue weighted by Gasteiger charge is -2.15. The van der Waals surface area contributed by atoms with Crippen molar-refractivity contribution in [3.05, 3.63) is 6.07 Å². The van der Waals surface area contributed by atoms with E-state index in [1.807, 2.05) is 0 Å². The Balaban J connectivity index is 2.48. The van der Waals surface area contributed by atoms with E-state index in [4.69, 9.17) is 0 Å². The van der Waals surface area contributed by atoms with Gasteiger partial charge in [0.05, 0.1) is 4.90 Å². The summed E-state index contributed by atoms with van der Waals surface area (Å²) in [6.45, 7) is 4.46. The Bertz CT molecular complexity index is 376. The summed E-state index contributed by atoms with van der Waals surface area (Å²) in [6.07, 6.45) is 7.60. The van der Waals surface area contributed by atoms with Crippen LogP contribution in [0.3, 0.4) is 0 Å². The number of nitrogens with zero attached hydrogens (tertiary/aromatic N) is 1. The highest BCUT2D eigenvalue weighted by Gasteiger charge is 2.14. The summed E-state index contributed by atoms with van der Waals surface area (Å²) in [4.78, 5) is 0.789. The maximum absolute atomic E-state index is 9.86. The van der Waals surface area contributed by atoms with E-state index < -0.39 is 0 Å². The zero-order valence-corrected chi connectivity index (χ0v) is 13.2. The van der Waals surface area contributed by atoms with Crippen molar-refractivity contribution >= 4 is 11.8 Å². The molecule has 2 N–H and O–H groups in total. The predicted octanol–water partition coefficient (Wildman–Crippen LogP) is 4.53. The summed E-state index contributed by atoms with van der Waals surface area (Å²) in [7, 11) is 1.67. The first-order chi connectivity index (χ1) is 9.10. The third kappa shape index (κ3) is 5.01. The van der Waals surface area contributed by atoms with Crippen LogP contribution in [0.1, 0.15) is 52.4 Å². The van der Waals surface area contributed by atoms with E-state index in [9.17, 15) is 10.2 Å². The molecule has 110 valence electrons. The minimum Gasteiger partial charge on any atom is -0.494 e. The molecule has 0 saturated heterocycles. The zero-order valence-electron chi connectivity index (χ0n) is 12.4. The smallest absolute Gasteiger partial charge is 0.207 e. The average molecular weight is 285 g/mol. The van der Waals surface area contributed by atoms with Crippen molar-refractivity contribution in [1.82, 2.24) is 4.57 Å². The third-order valence-electron chi connectivity index (χ3n) is 3.53. The van der Waals surface area contributed by atoms with Crippen molar-refractivity contribution in [2.45, 2.75) is 57.3 Å². The Labute approximate surface area is 121 Å². The van der Waals surface area contributed by atoms with E-state index >= 15 is 0 Å². The first kappa shape index (κ1) is 16.3. The van der Waals surface area contributed by atoms with Gasteiger partial charge in [-0.1, -0.05) is 39.5 Å². The molecule has 1 aromatic heterocycles. The fourth-order valence-corrected chi connectivity index (χ4v) is 3.47. The third-order valence-corrected chi connectivity index (χ3v) is 4.78. The molecule has 0 aliphatic carbocycles. The van der Waals surface area contributed by atoms with Gasteiger partial charge in [0.1, 0.15) is 0 Å². The summed E-state index contributed by atoms with van der Waals surface area (Å²) >= 11 is 1.66. The molecule has 19 heavy (non-hydrogen) atoms. The molecule has 3 nitrogen and oxygen atoms in total. The van der Waals surface area contributed by atoms with E-state index in [1.54, 1.807) is 24.9 Å². The first-order valence-electron chi connectivity index (χ1n) is 7.30. The van der Waals surface area contributed by atoms with Gasteiger partial charge in [-0.05, 0) is 18.8 Å². The molecule has 0 saturated carbocycles. The van der Waals surface area contributed by atoms with Gasteiger partial charge in [0.15, 0.2) is 5.88 Å². The Morgan fingerprint density at radius 2 is 1.89 bits per heavy atom. The largest absolute Gasteiger partial charge is 0.494 e. The fourth-order valence-electron chi connectivity index (χ4n) is 2.27. The van der Waals surface area contributed by atoms with Crippen LogP contribution in [0.5, 0.6) is 11.8 Å². The molecule has 0 aliphatic heterocycles. The van der Waals surface area contributed by atoms with Gasteiger partial charge < -0.3 is 10.2 Å². The monoisotopic (exact) mass is 285 g/mol. The Hall–Kier alpha value is -0.770. The molecule has 0 spiro atoms. The maximum atomic E-state index is 9.86. The highest BCUT2D eigenvalue weighted by atomic mass is 32.2. The molecule has 0 aromatic carbocycles. The summed E-state index contributed by atoms with van der Waals surface area (Å²) < 4.78 is 1.41. The zero-order chi connectivity index (χ0) is 14.3. The number of aromatic nitrogens is 1. The number of hydrogen-bond acceptors (Lipinski definition) is 3. The van der Waals surface area contributed by atoms with Crippen molar-refractivity contribution in [3.63, 3.8) is 0 Å². The summed E-state index contributed by atoms with van der Waals surface area (Å²) in [5.41, 5.74) is 0. The van der Waals surface area contributed by atoms with Crippen LogP contribution in [0.15, 0.2) is 11.0 Å². The number of hydrogen-bond donors (Lipinski definition) is 2. The molecule has 0 amide bonds. The van der Waals surface area contributed by atoms with Crippen LogP contribution in [0.25, 0.3) is 0 Å². The van der Waals surface area contributed by atoms with Crippen molar-refractivity contribution in [2.75, 3.05) is 5.75 Å². The standard InChI is InChI=1S/C15H27NO2S/c1-4-6-7-9-12(8-5-2)11-19-13-10-14(17)16(3)15(13)18/h10,12,17-18H,4-9,11H2,1-3H3. The first-order valence-corrected chi connectivity index (χ1v) is 8.29. The van der Waals surface area contributed by atoms with E-state index in [-0.39, 0.29) is 11.8 Å². The van der Waals surface area contributed by atoms with Crippen molar-refractivity contribution in [2.24, 2.45) is 13.0 Å². The van der Waals surface area contributed by atoms with Crippen molar-refractivity contribution in [1.29, 1.82) is 0 Å². The number of thioether (sulfide) groups is 1. The minimum absolute atomic E-state index is 0.123. The molecule has 1 rings (SSSR count). The van der Waals surface area contributed by atoms with E-state index in [0.717, 1.165) is 10.6 Å². The second-order valence-corrected chi connectivity index (χ2v) is 6.27. The molecular weight excluding hydrogens is 258 g/mol. The molecule has 1 unspecified atom stereocenters. The van der Waals surface area contributed by atoms with Crippen LogP contribution in [-0.2, 0) is 7.05 Å². The summed E-state index contributed by atoms with van der Waals surface area (Å²) in [5, 5.41) is 19.4. The lowest BCUT2D eigenvalue weighted by atomic mass is 9.98. The Morgan fingerprint density at radius 1 is 1.16 bits per heavy atom. The van der Waals surface area contributed by atoms with E-state index in [1.165, 1.54) is 43.1 Å². The Kier molecular flexibility index (Phi) is 7.21. The van der Waals surface area contributed by atoms with Gasteiger partial charge in [0, 0.05) is 18.9 Å². The van der Waals surface area contributed by atoms with Crippen molar-refractivity contribution < 1.29 is 10.2 Å². The van der Waals surface area contributed by atoms with Gasteiger partial charge in [-0.2, -0.15) is 0 Å². The molecule has 0 bridgehead atoms. The molecule has 1 atom stereocenters. The quantitative estimate of drug-likeness (QED) is 0.518. The van der Waals surface area contributed by atoms with Crippen LogP contribution < -0.4 is 0 Å². The average Bonchev–Trinajstić information content (AvgIpc) is 2.64. The van der Waals surface area contributed by atoms with Crippen LogP contribution >= 0.6 is 11.8 Å². The van der Waals surface area contributed by atoms with Crippen LogP contribution in [0.2, 0.25) is 0 Å². The minimum atomic E-state index is 0.123. The number of unbranched alkanes of at least 4 members (excludes halogenated alkanes) is 2. The van der Waals surface area contributed by atoms with E-state index in [2.05, 4.69) is 13.8 Å². The van der Waals surface area contributed by atoms with Crippen LogP contribution in [0.4, 0.5) is 0 Å². The Morgan fingerprint density at radius 3 is 2.42 bits per heavy atom. The number of aromatic hydroxyl groups is 2. The van der Waals surface area contributed by atoms with Gasteiger partial charge in [-0.25, -0.2) is 0 Å². The van der Waals surface area contributed by atoms with Crippen LogP contribution in [0, 0.1) is 5.92 Å². The van der Waals surface area contributed by atoms with Gasteiger partial charge in [-0.3, -0.25) is 4.57 Å². The van der Waals surface area contributed by atoms with Gasteiger partial charge in [0.2, 0.25) is 5.88 Å². The molecule has 1 aromatic rings. The summed E-state index contributed by atoms with van der Waals surface area (Å²) in [6, 6.07) is 1.65. The fraction of sp³-hybridized carbons (Fsp3) is 0.733. The predicted molar refractivity (Wildman–Crippen MR) is 82.0 cm³/mol. The van der Waals surface area contributed by atoms with Gasteiger partial charge in [-0.15, -0.1) is 11.8 Å². The normalized spacial score (nSPS) is 12.8. The second kappa shape index (κ2) is 8.41. The lowest BCUT2D eigenvalue weighted by Crippen LogP contribution is -2.03. The lowest BCUT2D eigenvalue weighted by molar-refractivity contribution is 0.382. The maximum Gasteiger partial charge on any atom is 0.207 e. The van der Waals surface area contributed by atoms with Crippen molar-refractivity contribution in [3.8, 4) is 11.8 Å². The van der Waals surface area contributed by atoms with E-state index in [0.29, 0.717) is 5.92 Å². The molecular formula is C15H27NO2S. The SMILES string of the molecule is CCCCCC(CCC)CSc1cc(O)n(C)c1O. The van der Waals surface area contributed by atoms with Crippen LogP contribution in [-0.4, -0.2) is 20.5 Å². The van der Waals surface area contributed by atoms with Gasteiger partial charge >= 0.3 is 0 Å². The topological polar surface area (TPSA) is 45.4 Å². The van der Waals surface area contributed by atoms with Gasteiger partial charge in [0.25, 0.3) is 0 Å². The summed E-state index contributed by atoms with van der Waals surface area (Å²) in [5.74, 6) is 2.03. The molecule has 1 heterocycles. The molecule has 0 aliphatic rings. The number of rotatable bonds is 9. The highest BCUT2D eigenvalue weighted by Crippen LogP contribution is 2.36. The highest BCUT2D eigenvalue weighted by molar-refractivity contribution is 7.99. The second-order valence-electron chi connectivity index (χ2n) is 5.21. The molecule has 0 radical (unpaired) electrons. The molecule has 0 fully saturated rings. The molecule has 4 heteroatoms.